The van der Waals surface area contributed by atoms with Gasteiger partial charge in [0.15, 0.2) is 11.6 Å². The van der Waals surface area contributed by atoms with Gasteiger partial charge in [0.1, 0.15) is 0 Å². The normalized spacial score (nSPS) is 20.3. The molecule has 0 bridgehead atoms. The number of anilines is 1. The molecule has 36 heavy (non-hydrogen) atoms. The van der Waals surface area contributed by atoms with Crippen molar-refractivity contribution in [3.8, 4) is 0 Å². The molecule has 198 valence electrons. The van der Waals surface area contributed by atoms with E-state index in [0.29, 0.717) is 67.9 Å². The van der Waals surface area contributed by atoms with Crippen LogP contribution in [0.3, 0.4) is 0 Å². The number of hydrogen-bond donors (Lipinski definition) is 3. The largest absolute Gasteiger partial charge is 0.381 e. The highest BCUT2D eigenvalue weighted by atomic mass is 35.5. The van der Waals surface area contributed by atoms with Gasteiger partial charge in [0.05, 0.1) is 19.1 Å². The van der Waals surface area contributed by atoms with Crippen LogP contribution < -0.4 is 16.0 Å². The second-order valence-corrected chi connectivity index (χ2v) is 9.78. The quantitative estimate of drug-likeness (QED) is 0.377. The molecule has 1 amide bonds. The van der Waals surface area contributed by atoms with Crippen molar-refractivity contribution in [2.45, 2.75) is 39.0 Å². The fourth-order valence-corrected chi connectivity index (χ4v) is 4.41. The van der Waals surface area contributed by atoms with Crippen molar-refractivity contribution in [2.24, 2.45) is 11.8 Å². The molecule has 2 aliphatic heterocycles. The maximum Gasteiger partial charge on any atom is 0.231 e. The van der Waals surface area contributed by atoms with Crippen LogP contribution in [0.5, 0.6) is 0 Å². The highest BCUT2D eigenvalue weighted by Gasteiger charge is 2.21. The van der Waals surface area contributed by atoms with Crippen LogP contribution in [-0.4, -0.2) is 57.0 Å². The summed E-state index contributed by atoms with van der Waals surface area (Å²) in [5.41, 5.74) is 2.44. The van der Waals surface area contributed by atoms with Crippen molar-refractivity contribution in [2.75, 3.05) is 51.4 Å². The minimum absolute atomic E-state index is 0.0733. The molecular weight excluding hydrogens is 483 g/mol. The monoisotopic (exact) mass is 520 g/mol. The average molecular weight is 521 g/mol. The first-order chi connectivity index (χ1) is 17.5. The zero-order valence-corrected chi connectivity index (χ0v) is 21.8. The summed E-state index contributed by atoms with van der Waals surface area (Å²) in [5, 5.41) is 9.98. The Balaban J connectivity index is 1.50. The number of hydrogen-bond acceptors (Lipinski definition) is 6. The van der Waals surface area contributed by atoms with Crippen molar-refractivity contribution in [3.63, 3.8) is 0 Å². The minimum Gasteiger partial charge on any atom is -0.381 e. The van der Waals surface area contributed by atoms with E-state index in [2.05, 4.69) is 27.5 Å². The van der Waals surface area contributed by atoms with Crippen LogP contribution in [0.4, 0.5) is 10.2 Å². The van der Waals surface area contributed by atoms with Crippen LogP contribution in [0.25, 0.3) is 0 Å². The smallest absolute Gasteiger partial charge is 0.231 e. The Labute approximate surface area is 218 Å². The first kappa shape index (κ1) is 28.3. The number of rotatable bonds is 11. The summed E-state index contributed by atoms with van der Waals surface area (Å²) in [4.78, 5) is 17.0. The van der Waals surface area contributed by atoms with Crippen molar-refractivity contribution >= 4 is 23.3 Å². The standard InChI is InChI=1S/C27H38ClFN4O3/c1-3-25(33-27(34)21-17-30-11-14-36-18-21)19(2)5-4-6-22(28)15-23-7-8-24(29)26(32-23)31-16-20-9-12-35-13-10-20/h3,6-8,20-21,30H,1,4-5,9-18H2,2H3,(H,31,32)(H,33,34). The number of halogens is 2. The number of aromatic nitrogens is 1. The predicted octanol–water partition coefficient (Wildman–Crippen LogP) is 4.32. The van der Waals surface area contributed by atoms with Crippen LogP contribution in [0.1, 0.15) is 38.3 Å². The predicted molar refractivity (Wildman–Crippen MR) is 141 cm³/mol. The number of nitrogens with one attached hydrogen (secondary N) is 3. The van der Waals surface area contributed by atoms with Gasteiger partial charge in [0.2, 0.25) is 5.91 Å². The third-order valence-corrected chi connectivity index (χ3v) is 6.75. The van der Waals surface area contributed by atoms with Gasteiger partial charge in [-0.15, -0.1) is 0 Å². The highest BCUT2D eigenvalue weighted by Crippen LogP contribution is 2.20. The van der Waals surface area contributed by atoms with Gasteiger partial charge >= 0.3 is 0 Å². The SMILES string of the molecule is C=CC(NC(=O)C1CNCCOC1)=C(C)CCC=C(Cl)Cc1ccc(F)c(NCC2CCOCC2)n1. The van der Waals surface area contributed by atoms with Crippen molar-refractivity contribution < 1.29 is 18.7 Å². The number of nitrogens with zero attached hydrogens (tertiary/aromatic N) is 1. The molecule has 1 atom stereocenters. The van der Waals surface area contributed by atoms with Crippen molar-refractivity contribution in [1.29, 1.82) is 0 Å². The molecule has 7 nitrogen and oxygen atoms in total. The van der Waals surface area contributed by atoms with E-state index in [1.165, 1.54) is 6.07 Å². The number of amides is 1. The van der Waals surface area contributed by atoms with Gasteiger partial charge < -0.3 is 25.4 Å². The van der Waals surface area contributed by atoms with Crippen LogP contribution in [0, 0.1) is 17.7 Å². The van der Waals surface area contributed by atoms with E-state index in [0.717, 1.165) is 38.2 Å². The Bertz CT molecular complexity index is 939. The van der Waals surface area contributed by atoms with Crippen LogP contribution in [-0.2, 0) is 20.7 Å². The maximum atomic E-state index is 14.2. The molecule has 0 aromatic carbocycles. The van der Waals surface area contributed by atoms with Gasteiger partial charge in [0, 0.05) is 55.7 Å². The van der Waals surface area contributed by atoms with E-state index in [9.17, 15) is 9.18 Å². The molecule has 2 aliphatic rings. The molecule has 0 spiro atoms. The lowest BCUT2D eigenvalue weighted by molar-refractivity contribution is -0.125. The van der Waals surface area contributed by atoms with E-state index in [4.69, 9.17) is 21.1 Å². The highest BCUT2D eigenvalue weighted by molar-refractivity contribution is 6.29. The lowest BCUT2D eigenvalue weighted by Gasteiger charge is -2.22. The molecule has 0 aliphatic carbocycles. The lowest BCUT2D eigenvalue weighted by Crippen LogP contribution is -2.37. The topological polar surface area (TPSA) is 84.5 Å². The summed E-state index contributed by atoms with van der Waals surface area (Å²) < 4.78 is 25.1. The fraction of sp³-hybridized carbons (Fsp3) is 0.556. The molecule has 2 saturated heterocycles. The summed E-state index contributed by atoms with van der Waals surface area (Å²) in [6.07, 6.45) is 7.39. The molecule has 1 aromatic heterocycles. The Morgan fingerprint density at radius 1 is 1.31 bits per heavy atom. The van der Waals surface area contributed by atoms with Gasteiger partial charge in [-0.3, -0.25) is 4.79 Å². The van der Waals surface area contributed by atoms with Gasteiger partial charge in [-0.25, -0.2) is 9.37 Å². The summed E-state index contributed by atoms with van der Waals surface area (Å²) in [6.45, 7) is 10.4. The first-order valence-corrected chi connectivity index (χ1v) is 13.1. The summed E-state index contributed by atoms with van der Waals surface area (Å²) in [5.74, 6) is 0.0604. The summed E-state index contributed by atoms with van der Waals surface area (Å²) in [7, 11) is 0. The molecule has 9 heteroatoms. The summed E-state index contributed by atoms with van der Waals surface area (Å²) >= 11 is 6.47. The van der Waals surface area contributed by atoms with Gasteiger partial charge in [-0.1, -0.05) is 24.3 Å². The van der Waals surface area contributed by atoms with Crippen LogP contribution in [0.2, 0.25) is 0 Å². The van der Waals surface area contributed by atoms with E-state index in [-0.39, 0.29) is 23.5 Å². The second-order valence-electron chi connectivity index (χ2n) is 9.30. The third-order valence-electron chi connectivity index (χ3n) is 6.46. The number of carbonyl (C=O) groups is 1. The Morgan fingerprint density at radius 3 is 2.89 bits per heavy atom. The number of pyridine rings is 1. The molecule has 3 heterocycles. The first-order valence-electron chi connectivity index (χ1n) is 12.7. The van der Waals surface area contributed by atoms with Gasteiger partial charge in [-0.2, -0.15) is 0 Å². The molecule has 1 aromatic rings. The van der Waals surface area contributed by atoms with Crippen LogP contribution >= 0.6 is 11.6 Å². The van der Waals surface area contributed by atoms with Crippen molar-refractivity contribution in [3.05, 3.63) is 58.7 Å². The zero-order chi connectivity index (χ0) is 25.8. The Morgan fingerprint density at radius 2 is 2.11 bits per heavy atom. The second kappa shape index (κ2) is 15.1. The minimum atomic E-state index is -0.364. The molecular formula is C27H38ClFN4O3. The summed E-state index contributed by atoms with van der Waals surface area (Å²) in [6, 6.07) is 3.09. The fourth-order valence-electron chi connectivity index (χ4n) is 4.16. The number of allylic oxidation sites excluding steroid dienone is 4. The zero-order valence-electron chi connectivity index (χ0n) is 21.1. The molecule has 3 N–H and O–H groups in total. The number of ether oxygens (including phenoxy) is 2. The van der Waals surface area contributed by atoms with Gasteiger partial charge in [0.25, 0.3) is 0 Å². The Kier molecular flexibility index (Phi) is 11.9. The molecule has 0 radical (unpaired) electrons. The molecule has 2 fully saturated rings. The van der Waals surface area contributed by atoms with Gasteiger partial charge in [-0.05, 0) is 62.3 Å². The lowest BCUT2D eigenvalue weighted by atomic mass is 10.0. The number of carbonyl (C=O) groups excluding carboxylic acids is 1. The van der Waals surface area contributed by atoms with E-state index < -0.39 is 0 Å². The molecule has 3 rings (SSSR count). The Hall–Kier alpha value is -2.26. The van der Waals surface area contributed by atoms with E-state index >= 15 is 0 Å². The molecule has 0 saturated carbocycles. The van der Waals surface area contributed by atoms with E-state index in [1.54, 1.807) is 12.1 Å². The maximum absolute atomic E-state index is 14.2. The average Bonchev–Trinajstić information content (AvgIpc) is 3.18. The van der Waals surface area contributed by atoms with Crippen LogP contribution in [0.15, 0.2) is 47.2 Å². The van der Waals surface area contributed by atoms with E-state index in [1.807, 2.05) is 13.0 Å². The third kappa shape index (κ3) is 9.32. The molecule has 1 unspecified atom stereocenters. The van der Waals surface area contributed by atoms with Crippen molar-refractivity contribution in [1.82, 2.24) is 15.6 Å².